The molecule has 1 atom stereocenters. The molecule has 0 fully saturated rings. The molecule has 42 heavy (non-hydrogen) atoms. The number of carbonyl (C=O) groups excluding carboxylic acids is 2. The molecule has 1 unspecified atom stereocenters. The fourth-order valence-electron chi connectivity index (χ4n) is 3.49. The maximum absolute atomic E-state index is 15.0. The molecule has 226 valence electrons. The molecule has 4 nitrogen and oxygen atoms in total. The van der Waals surface area contributed by atoms with E-state index in [-0.39, 0.29) is 12.1 Å². The van der Waals surface area contributed by atoms with Crippen LogP contribution in [0, 0.1) is 17.5 Å². The van der Waals surface area contributed by atoms with Crippen molar-refractivity contribution in [1.82, 2.24) is 0 Å². The first-order valence-corrected chi connectivity index (χ1v) is 12.3. The largest absolute Gasteiger partial charge is 0.457 e. The molecule has 2 amide bonds. The molecular weight excluding hydrogens is 736 g/mol. The highest BCUT2D eigenvalue weighted by Crippen LogP contribution is 2.59. The van der Waals surface area contributed by atoms with Gasteiger partial charge in [0.25, 0.3) is 11.8 Å². The fraction of sp³-hybridized carbons (Fsp3) is 0.167. The first-order chi connectivity index (χ1) is 19.1. The van der Waals surface area contributed by atoms with Crippen LogP contribution in [-0.2, 0) is 5.67 Å². The minimum atomic E-state index is -6.97. The fourth-order valence-corrected chi connectivity index (χ4v) is 4.88. The van der Waals surface area contributed by atoms with Crippen molar-refractivity contribution in [3.8, 4) is 0 Å². The van der Waals surface area contributed by atoms with Crippen LogP contribution in [0.4, 0.5) is 64.1 Å². The number of halogens is 14. The number of nitrogens with one attached hydrogen (secondary N) is 2. The van der Waals surface area contributed by atoms with Crippen LogP contribution in [0.2, 0.25) is 0 Å². The maximum Gasteiger partial charge on any atom is 0.457 e. The van der Waals surface area contributed by atoms with E-state index in [1.807, 2.05) is 10.6 Å². The standard InChI is InChI=1S/C24H10Br2F12N2O2/c25-11-7-9(21(30,23(33,34)35)22(31,32)24(36,37)38)8-12(26)18(11)40-19(41)10-3-1-6-15(17(10)29)39-20(42)16-13(27)4-2-5-14(16)28/h1-8H,(H,39,42)(H,40,41). The van der Waals surface area contributed by atoms with Gasteiger partial charge < -0.3 is 10.6 Å². The van der Waals surface area contributed by atoms with Crippen LogP contribution >= 0.6 is 31.9 Å². The molecule has 2 N–H and O–H groups in total. The lowest BCUT2D eigenvalue weighted by Gasteiger charge is -2.36. The summed E-state index contributed by atoms with van der Waals surface area (Å²) in [4.78, 5) is 25.0. The molecule has 0 heterocycles. The summed E-state index contributed by atoms with van der Waals surface area (Å²) < 4.78 is 162. The number of rotatable bonds is 6. The zero-order valence-corrected chi connectivity index (χ0v) is 22.9. The normalized spacial score (nSPS) is 13.9. The number of carbonyl (C=O) groups is 2. The third kappa shape index (κ3) is 5.82. The van der Waals surface area contributed by atoms with Gasteiger partial charge in [0.15, 0.2) is 5.82 Å². The Labute approximate surface area is 243 Å². The van der Waals surface area contributed by atoms with E-state index >= 15 is 4.39 Å². The van der Waals surface area contributed by atoms with E-state index in [1.165, 1.54) is 0 Å². The Morgan fingerprint density at radius 2 is 1.17 bits per heavy atom. The lowest BCUT2D eigenvalue weighted by atomic mass is 9.87. The summed E-state index contributed by atoms with van der Waals surface area (Å²) >= 11 is 5.11. The smallest absolute Gasteiger partial charge is 0.320 e. The third-order valence-electron chi connectivity index (χ3n) is 5.54. The van der Waals surface area contributed by atoms with E-state index < -0.39 is 90.2 Å². The lowest BCUT2D eigenvalue weighted by Crippen LogP contribution is -2.59. The lowest BCUT2D eigenvalue weighted by molar-refractivity contribution is -0.389. The summed E-state index contributed by atoms with van der Waals surface area (Å²) in [6, 6.07) is 4.96. The van der Waals surface area contributed by atoms with E-state index in [0.29, 0.717) is 0 Å². The summed E-state index contributed by atoms with van der Waals surface area (Å²) in [5.74, 6) is -13.9. The van der Waals surface area contributed by atoms with Gasteiger partial charge in [-0.3, -0.25) is 9.59 Å². The Balaban J connectivity index is 1.98. The first-order valence-electron chi connectivity index (χ1n) is 10.7. The molecule has 0 spiro atoms. The average molecular weight is 746 g/mol. The van der Waals surface area contributed by atoms with Crippen molar-refractivity contribution in [2.75, 3.05) is 10.6 Å². The minimum Gasteiger partial charge on any atom is -0.320 e. The average Bonchev–Trinajstić information content (AvgIpc) is 2.85. The third-order valence-corrected chi connectivity index (χ3v) is 6.79. The summed E-state index contributed by atoms with van der Waals surface area (Å²) in [7, 11) is 0. The van der Waals surface area contributed by atoms with Gasteiger partial charge in [-0.15, -0.1) is 0 Å². The Bertz CT molecular complexity index is 1520. The highest BCUT2D eigenvalue weighted by atomic mass is 79.9. The van der Waals surface area contributed by atoms with Gasteiger partial charge in [0, 0.05) is 14.5 Å². The second-order valence-electron chi connectivity index (χ2n) is 8.22. The minimum absolute atomic E-state index is 0.0938. The predicted octanol–water partition coefficient (Wildman–Crippen LogP) is 9.06. The number of benzene rings is 3. The molecule has 3 aromatic carbocycles. The van der Waals surface area contributed by atoms with Gasteiger partial charge in [-0.2, -0.15) is 35.1 Å². The Hall–Kier alpha value is -3.28. The second kappa shape index (κ2) is 11.4. The van der Waals surface area contributed by atoms with E-state index in [2.05, 4.69) is 31.9 Å². The van der Waals surface area contributed by atoms with Crippen LogP contribution in [0.25, 0.3) is 0 Å². The van der Waals surface area contributed by atoms with Crippen molar-refractivity contribution in [2.24, 2.45) is 0 Å². The van der Waals surface area contributed by atoms with E-state index in [1.54, 1.807) is 0 Å². The monoisotopic (exact) mass is 744 g/mol. The molecule has 0 bridgehead atoms. The van der Waals surface area contributed by atoms with Gasteiger partial charge in [-0.25, -0.2) is 17.6 Å². The van der Waals surface area contributed by atoms with Crippen molar-refractivity contribution in [3.05, 3.63) is 91.6 Å². The van der Waals surface area contributed by atoms with Gasteiger partial charge in [0.2, 0.25) is 0 Å². The quantitative estimate of drug-likeness (QED) is 0.248. The maximum atomic E-state index is 15.0. The summed E-state index contributed by atoms with van der Waals surface area (Å²) in [5.41, 5.74) is -11.9. The number of hydrogen-bond donors (Lipinski definition) is 2. The molecule has 0 aromatic heterocycles. The number of amides is 2. The van der Waals surface area contributed by atoms with Gasteiger partial charge in [-0.05, 0) is 68.3 Å². The van der Waals surface area contributed by atoms with Gasteiger partial charge in [0.1, 0.15) is 17.2 Å². The molecule has 0 saturated carbocycles. The summed E-state index contributed by atoms with van der Waals surface area (Å²) in [6.07, 6.45) is -13.8. The summed E-state index contributed by atoms with van der Waals surface area (Å²) in [5, 5.41) is 3.78. The van der Waals surface area contributed by atoms with Crippen LogP contribution in [0.1, 0.15) is 26.3 Å². The Kier molecular flexibility index (Phi) is 9.04. The molecule has 0 saturated heterocycles. The molecule has 3 rings (SSSR count). The molecule has 18 heteroatoms. The van der Waals surface area contributed by atoms with Gasteiger partial charge >= 0.3 is 23.9 Å². The van der Waals surface area contributed by atoms with E-state index in [9.17, 15) is 57.9 Å². The van der Waals surface area contributed by atoms with Gasteiger partial charge in [0.05, 0.1) is 16.9 Å². The van der Waals surface area contributed by atoms with Crippen LogP contribution in [0.5, 0.6) is 0 Å². The van der Waals surface area contributed by atoms with Crippen molar-refractivity contribution in [2.45, 2.75) is 23.9 Å². The molecule has 3 aromatic rings. The van der Waals surface area contributed by atoms with E-state index in [4.69, 9.17) is 0 Å². The van der Waals surface area contributed by atoms with Crippen molar-refractivity contribution in [1.29, 1.82) is 0 Å². The molecule has 0 aliphatic rings. The highest BCUT2D eigenvalue weighted by Gasteiger charge is 2.81. The molecular formula is C24H10Br2F12N2O2. The van der Waals surface area contributed by atoms with Crippen LogP contribution in [-0.4, -0.2) is 30.1 Å². The second-order valence-corrected chi connectivity index (χ2v) is 9.92. The van der Waals surface area contributed by atoms with Crippen LogP contribution in [0.15, 0.2) is 57.5 Å². The number of anilines is 2. The highest BCUT2D eigenvalue weighted by molar-refractivity contribution is 9.11. The van der Waals surface area contributed by atoms with Crippen molar-refractivity contribution in [3.63, 3.8) is 0 Å². The zero-order chi connectivity index (χ0) is 32.0. The predicted molar refractivity (Wildman–Crippen MR) is 130 cm³/mol. The first kappa shape index (κ1) is 33.2. The molecule has 0 aliphatic carbocycles. The molecule has 0 aliphatic heterocycles. The zero-order valence-electron chi connectivity index (χ0n) is 19.7. The van der Waals surface area contributed by atoms with Crippen molar-refractivity contribution < 1.29 is 62.3 Å². The number of hydrogen-bond acceptors (Lipinski definition) is 2. The Morgan fingerprint density at radius 3 is 1.64 bits per heavy atom. The van der Waals surface area contributed by atoms with Crippen LogP contribution < -0.4 is 10.6 Å². The van der Waals surface area contributed by atoms with E-state index in [0.717, 1.165) is 36.4 Å². The van der Waals surface area contributed by atoms with Crippen molar-refractivity contribution >= 4 is 55.0 Å². The number of alkyl halides is 9. The Morgan fingerprint density at radius 1 is 0.667 bits per heavy atom. The SMILES string of the molecule is O=C(Nc1c(Br)cc(C(F)(C(F)(F)F)C(F)(F)C(F)(F)F)cc1Br)c1cccc(NC(=O)c2c(F)cccc2F)c1F. The molecule has 0 radical (unpaired) electrons. The van der Waals surface area contributed by atoms with Gasteiger partial charge in [-0.1, -0.05) is 12.1 Å². The summed E-state index contributed by atoms with van der Waals surface area (Å²) in [6.45, 7) is 0. The van der Waals surface area contributed by atoms with Crippen LogP contribution in [0.3, 0.4) is 0 Å². The topological polar surface area (TPSA) is 58.2 Å².